The van der Waals surface area contributed by atoms with E-state index in [1.54, 1.807) is 12.3 Å². The molecule has 1 aliphatic heterocycles. The summed E-state index contributed by atoms with van der Waals surface area (Å²) in [6.07, 6.45) is 1.67. The summed E-state index contributed by atoms with van der Waals surface area (Å²) in [5, 5.41) is 12.1. The molecule has 6 heteroatoms. The Morgan fingerprint density at radius 3 is 2.63 bits per heavy atom. The highest BCUT2D eigenvalue weighted by Crippen LogP contribution is 2.19. The van der Waals surface area contributed by atoms with Gasteiger partial charge in [-0.05, 0) is 50.1 Å². The minimum atomic E-state index is -0.203. The molecule has 0 saturated carbocycles. The number of rotatable bonds is 4. The topological polar surface area (TPSA) is 72.3 Å². The van der Waals surface area contributed by atoms with Crippen molar-refractivity contribution in [3.05, 3.63) is 53.2 Å². The SMILES string of the molecule is Cc1ccc(C)c(NC(=O)[C@H](C)N2CCN(c3cc(C#N)ccn3)CC2)c1. The van der Waals surface area contributed by atoms with Crippen molar-refractivity contribution in [1.29, 1.82) is 5.26 Å². The zero-order chi connectivity index (χ0) is 19.4. The van der Waals surface area contributed by atoms with Crippen LogP contribution >= 0.6 is 0 Å². The molecule has 0 spiro atoms. The molecule has 0 unspecified atom stereocenters. The van der Waals surface area contributed by atoms with Gasteiger partial charge < -0.3 is 10.2 Å². The summed E-state index contributed by atoms with van der Waals surface area (Å²) in [4.78, 5) is 21.4. The highest BCUT2D eigenvalue weighted by molar-refractivity contribution is 5.95. The second kappa shape index (κ2) is 8.19. The minimum Gasteiger partial charge on any atom is -0.354 e. The van der Waals surface area contributed by atoms with Gasteiger partial charge in [-0.2, -0.15) is 5.26 Å². The molecule has 1 aromatic carbocycles. The Hall–Kier alpha value is -2.91. The van der Waals surface area contributed by atoms with Crippen molar-refractivity contribution >= 4 is 17.4 Å². The van der Waals surface area contributed by atoms with E-state index in [0.717, 1.165) is 48.8 Å². The molecule has 1 aromatic heterocycles. The zero-order valence-electron chi connectivity index (χ0n) is 16.1. The summed E-state index contributed by atoms with van der Waals surface area (Å²) in [6, 6.07) is 11.5. The molecule has 1 N–H and O–H groups in total. The van der Waals surface area contributed by atoms with Crippen molar-refractivity contribution in [2.45, 2.75) is 26.8 Å². The number of carbonyl (C=O) groups is 1. The number of anilines is 2. The summed E-state index contributed by atoms with van der Waals surface area (Å²) in [6.45, 7) is 9.09. The summed E-state index contributed by atoms with van der Waals surface area (Å²) in [7, 11) is 0. The minimum absolute atomic E-state index is 0.0155. The lowest BCUT2D eigenvalue weighted by Crippen LogP contribution is -2.53. The fourth-order valence-corrected chi connectivity index (χ4v) is 3.27. The lowest BCUT2D eigenvalue weighted by atomic mass is 10.1. The smallest absolute Gasteiger partial charge is 0.241 e. The average Bonchev–Trinajstić information content (AvgIpc) is 2.70. The number of aryl methyl sites for hydroxylation is 2. The second-order valence-electron chi connectivity index (χ2n) is 7.02. The van der Waals surface area contributed by atoms with E-state index in [1.807, 2.05) is 45.0 Å². The monoisotopic (exact) mass is 363 g/mol. The Morgan fingerprint density at radius 1 is 1.19 bits per heavy atom. The second-order valence-corrected chi connectivity index (χ2v) is 7.02. The third-order valence-electron chi connectivity index (χ3n) is 5.09. The number of piperazine rings is 1. The van der Waals surface area contributed by atoms with E-state index in [2.05, 4.69) is 26.2 Å². The van der Waals surface area contributed by atoms with Gasteiger partial charge in [0.25, 0.3) is 0 Å². The van der Waals surface area contributed by atoms with E-state index < -0.39 is 0 Å². The van der Waals surface area contributed by atoms with E-state index >= 15 is 0 Å². The molecule has 27 heavy (non-hydrogen) atoms. The first kappa shape index (κ1) is 18.9. The van der Waals surface area contributed by atoms with E-state index in [9.17, 15) is 4.79 Å². The van der Waals surface area contributed by atoms with Gasteiger partial charge in [0.2, 0.25) is 5.91 Å². The molecule has 0 radical (unpaired) electrons. The molecule has 1 amide bonds. The molecule has 2 aromatic rings. The van der Waals surface area contributed by atoms with Crippen molar-refractivity contribution in [2.75, 3.05) is 36.4 Å². The first-order chi connectivity index (χ1) is 13.0. The van der Waals surface area contributed by atoms with Crippen molar-refractivity contribution in [2.24, 2.45) is 0 Å². The number of pyridine rings is 1. The van der Waals surface area contributed by atoms with Gasteiger partial charge in [0, 0.05) is 38.1 Å². The molecule has 1 aliphatic rings. The van der Waals surface area contributed by atoms with E-state index in [1.165, 1.54) is 0 Å². The summed E-state index contributed by atoms with van der Waals surface area (Å²) in [5.41, 5.74) is 3.69. The highest BCUT2D eigenvalue weighted by Gasteiger charge is 2.26. The number of hydrogen-bond acceptors (Lipinski definition) is 5. The Balaban J connectivity index is 1.59. The molecule has 140 valence electrons. The summed E-state index contributed by atoms with van der Waals surface area (Å²) in [5.74, 6) is 0.836. The fraction of sp³-hybridized carbons (Fsp3) is 0.381. The van der Waals surface area contributed by atoms with Crippen LogP contribution in [0.15, 0.2) is 36.5 Å². The zero-order valence-corrected chi connectivity index (χ0v) is 16.1. The Morgan fingerprint density at radius 2 is 1.93 bits per heavy atom. The average molecular weight is 363 g/mol. The van der Waals surface area contributed by atoms with Crippen LogP contribution in [0.25, 0.3) is 0 Å². The maximum atomic E-state index is 12.7. The van der Waals surface area contributed by atoms with Gasteiger partial charge in [0.15, 0.2) is 0 Å². The molecular formula is C21H25N5O. The van der Waals surface area contributed by atoms with Gasteiger partial charge >= 0.3 is 0 Å². The number of hydrogen-bond donors (Lipinski definition) is 1. The van der Waals surface area contributed by atoms with E-state index in [0.29, 0.717) is 5.56 Å². The maximum Gasteiger partial charge on any atom is 0.241 e. The first-order valence-electron chi connectivity index (χ1n) is 9.21. The molecule has 6 nitrogen and oxygen atoms in total. The standard InChI is InChI=1S/C21H25N5O/c1-15-4-5-16(2)19(12-15)24-21(27)17(3)25-8-10-26(11-9-25)20-13-18(14-22)6-7-23-20/h4-7,12-13,17H,8-11H2,1-3H3,(H,24,27)/t17-/m0/s1. The maximum absolute atomic E-state index is 12.7. The van der Waals surface area contributed by atoms with Crippen LogP contribution in [-0.4, -0.2) is 48.0 Å². The highest BCUT2D eigenvalue weighted by atomic mass is 16.2. The predicted octanol–water partition coefficient (Wildman–Crippen LogP) is 2.72. The lowest BCUT2D eigenvalue weighted by molar-refractivity contribution is -0.120. The van der Waals surface area contributed by atoms with Gasteiger partial charge in [0.05, 0.1) is 17.7 Å². The van der Waals surface area contributed by atoms with Crippen molar-refractivity contribution in [3.8, 4) is 6.07 Å². The van der Waals surface area contributed by atoms with Crippen molar-refractivity contribution < 1.29 is 4.79 Å². The van der Waals surface area contributed by atoms with Gasteiger partial charge in [-0.1, -0.05) is 12.1 Å². The van der Waals surface area contributed by atoms with Crippen LogP contribution in [0, 0.1) is 25.2 Å². The van der Waals surface area contributed by atoms with Gasteiger partial charge in [0.1, 0.15) is 5.82 Å². The number of nitrogens with zero attached hydrogens (tertiary/aromatic N) is 4. The molecule has 1 fully saturated rings. The van der Waals surface area contributed by atoms with Gasteiger partial charge in [-0.25, -0.2) is 4.98 Å². The largest absolute Gasteiger partial charge is 0.354 e. The van der Waals surface area contributed by atoms with Gasteiger partial charge in [-0.15, -0.1) is 0 Å². The number of carbonyl (C=O) groups excluding carboxylic acids is 1. The number of amides is 1. The molecule has 2 heterocycles. The van der Waals surface area contributed by atoms with Gasteiger partial charge in [-0.3, -0.25) is 9.69 Å². The predicted molar refractivity (Wildman–Crippen MR) is 107 cm³/mol. The third kappa shape index (κ3) is 4.44. The molecular weight excluding hydrogens is 338 g/mol. The van der Waals surface area contributed by atoms with E-state index in [-0.39, 0.29) is 11.9 Å². The third-order valence-corrected chi connectivity index (χ3v) is 5.09. The fourth-order valence-electron chi connectivity index (χ4n) is 3.27. The molecule has 1 atom stereocenters. The molecule has 0 bridgehead atoms. The number of aromatic nitrogens is 1. The Kier molecular flexibility index (Phi) is 5.72. The molecule has 1 saturated heterocycles. The number of benzene rings is 1. The summed E-state index contributed by atoms with van der Waals surface area (Å²) < 4.78 is 0. The van der Waals surface area contributed by atoms with Crippen LogP contribution < -0.4 is 10.2 Å². The number of nitrogens with one attached hydrogen (secondary N) is 1. The quantitative estimate of drug-likeness (QED) is 0.904. The van der Waals surface area contributed by atoms with E-state index in [4.69, 9.17) is 5.26 Å². The first-order valence-corrected chi connectivity index (χ1v) is 9.21. The van der Waals surface area contributed by atoms with Crippen LogP contribution in [-0.2, 0) is 4.79 Å². The van der Waals surface area contributed by atoms with Crippen LogP contribution in [0.4, 0.5) is 11.5 Å². The Labute approximate surface area is 160 Å². The lowest BCUT2D eigenvalue weighted by Gasteiger charge is -2.38. The Bertz CT molecular complexity index is 865. The van der Waals surface area contributed by atoms with Crippen LogP contribution in [0.5, 0.6) is 0 Å². The number of nitriles is 1. The summed E-state index contributed by atoms with van der Waals surface area (Å²) >= 11 is 0. The van der Waals surface area contributed by atoms with Crippen molar-refractivity contribution in [1.82, 2.24) is 9.88 Å². The van der Waals surface area contributed by atoms with Crippen LogP contribution in [0.3, 0.4) is 0 Å². The molecule has 3 rings (SSSR count). The molecule has 0 aliphatic carbocycles. The normalized spacial score (nSPS) is 15.9. The van der Waals surface area contributed by atoms with Crippen LogP contribution in [0.2, 0.25) is 0 Å². The van der Waals surface area contributed by atoms with Crippen LogP contribution in [0.1, 0.15) is 23.6 Å². The van der Waals surface area contributed by atoms with Crippen molar-refractivity contribution in [3.63, 3.8) is 0 Å².